The highest BCUT2D eigenvalue weighted by Crippen LogP contribution is 1.95. The second-order valence-corrected chi connectivity index (χ2v) is 4.21. The molecule has 1 amide bonds. The first kappa shape index (κ1) is 14.2. The van der Waals surface area contributed by atoms with Crippen molar-refractivity contribution in [3.8, 4) is 0 Å². The fourth-order valence-corrected chi connectivity index (χ4v) is 1.00. The summed E-state index contributed by atoms with van der Waals surface area (Å²) in [6.07, 6.45) is 1.94. The second kappa shape index (κ2) is 8.48. The normalized spacial score (nSPS) is 10.4. The Bertz CT molecular complexity index is 200. The topological polar surface area (TPSA) is 38.3 Å². The van der Waals surface area contributed by atoms with Crippen molar-refractivity contribution in [2.45, 2.75) is 33.6 Å². The molecule has 88 valence electrons. The van der Waals surface area contributed by atoms with Gasteiger partial charge in [0.25, 0.3) is 0 Å². The predicted octanol–water partition coefficient (Wildman–Crippen LogP) is 2.13. The SMILES string of the molecule is C=C(C)C(=O)NCCCCOCC(C)C. The minimum atomic E-state index is -0.0573. The van der Waals surface area contributed by atoms with Gasteiger partial charge < -0.3 is 10.1 Å². The van der Waals surface area contributed by atoms with Gasteiger partial charge in [0, 0.05) is 25.3 Å². The number of hydrogen-bond donors (Lipinski definition) is 1. The molecule has 0 aliphatic carbocycles. The van der Waals surface area contributed by atoms with Gasteiger partial charge in [0.15, 0.2) is 0 Å². The van der Waals surface area contributed by atoms with E-state index >= 15 is 0 Å². The Morgan fingerprint density at radius 3 is 2.60 bits per heavy atom. The smallest absolute Gasteiger partial charge is 0.246 e. The van der Waals surface area contributed by atoms with Crippen molar-refractivity contribution in [3.63, 3.8) is 0 Å². The monoisotopic (exact) mass is 213 g/mol. The number of carbonyl (C=O) groups excluding carboxylic acids is 1. The van der Waals surface area contributed by atoms with E-state index in [0.29, 0.717) is 18.0 Å². The van der Waals surface area contributed by atoms with Crippen LogP contribution in [0.25, 0.3) is 0 Å². The van der Waals surface area contributed by atoms with Gasteiger partial charge in [-0.2, -0.15) is 0 Å². The number of nitrogens with one attached hydrogen (secondary N) is 1. The zero-order valence-electron chi connectivity index (χ0n) is 10.1. The van der Waals surface area contributed by atoms with Crippen LogP contribution in [0, 0.1) is 5.92 Å². The highest BCUT2D eigenvalue weighted by molar-refractivity contribution is 5.91. The average molecular weight is 213 g/mol. The summed E-state index contributed by atoms with van der Waals surface area (Å²) < 4.78 is 5.42. The lowest BCUT2D eigenvalue weighted by molar-refractivity contribution is -0.117. The van der Waals surface area contributed by atoms with Crippen molar-refractivity contribution in [2.24, 2.45) is 5.92 Å². The fourth-order valence-electron chi connectivity index (χ4n) is 1.00. The molecule has 3 nitrogen and oxygen atoms in total. The summed E-state index contributed by atoms with van der Waals surface area (Å²) in [6.45, 7) is 11.8. The summed E-state index contributed by atoms with van der Waals surface area (Å²) in [5.41, 5.74) is 0.561. The van der Waals surface area contributed by atoms with E-state index in [-0.39, 0.29) is 5.91 Å². The lowest BCUT2D eigenvalue weighted by Gasteiger charge is -2.07. The molecule has 0 aliphatic heterocycles. The Balaban J connectivity index is 3.18. The predicted molar refractivity (Wildman–Crippen MR) is 62.7 cm³/mol. The molecule has 0 unspecified atom stereocenters. The van der Waals surface area contributed by atoms with Crippen LogP contribution in [0.5, 0.6) is 0 Å². The molecule has 0 fully saturated rings. The maximum atomic E-state index is 11.1. The highest BCUT2D eigenvalue weighted by atomic mass is 16.5. The molecule has 0 aromatic rings. The van der Waals surface area contributed by atoms with Crippen LogP contribution in [0.4, 0.5) is 0 Å². The molecule has 0 heterocycles. The fraction of sp³-hybridized carbons (Fsp3) is 0.750. The zero-order valence-corrected chi connectivity index (χ0v) is 10.1. The summed E-state index contributed by atoms with van der Waals surface area (Å²) in [5, 5.41) is 2.79. The number of amides is 1. The van der Waals surface area contributed by atoms with Crippen LogP contribution in [0.2, 0.25) is 0 Å². The summed E-state index contributed by atoms with van der Waals surface area (Å²) in [6, 6.07) is 0. The molecule has 0 saturated carbocycles. The van der Waals surface area contributed by atoms with Crippen molar-refractivity contribution < 1.29 is 9.53 Å². The van der Waals surface area contributed by atoms with Crippen LogP contribution in [-0.4, -0.2) is 25.7 Å². The summed E-state index contributed by atoms with van der Waals surface area (Å²) >= 11 is 0. The van der Waals surface area contributed by atoms with Crippen molar-refractivity contribution in [1.29, 1.82) is 0 Å². The minimum Gasteiger partial charge on any atom is -0.381 e. The van der Waals surface area contributed by atoms with E-state index in [4.69, 9.17) is 4.74 Å². The molecule has 0 radical (unpaired) electrons. The number of unbranched alkanes of at least 4 members (excludes halogenated alkanes) is 1. The van der Waals surface area contributed by atoms with Crippen LogP contribution < -0.4 is 5.32 Å². The Hall–Kier alpha value is -0.830. The Morgan fingerprint density at radius 2 is 2.07 bits per heavy atom. The highest BCUT2D eigenvalue weighted by Gasteiger charge is 1.99. The van der Waals surface area contributed by atoms with Crippen LogP contribution in [-0.2, 0) is 9.53 Å². The molecule has 15 heavy (non-hydrogen) atoms. The molecule has 0 saturated heterocycles. The molecule has 1 N–H and O–H groups in total. The van der Waals surface area contributed by atoms with Gasteiger partial charge in [-0.3, -0.25) is 4.79 Å². The van der Waals surface area contributed by atoms with Crippen LogP contribution in [0.15, 0.2) is 12.2 Å². The molecule has 0 bridgehead atoms. The van der Waals surface area contributed by atoms with E-state index in [9.17, 15) is 4.79 Å². The van der Waals surface area contributed by atoms with Crippen molar-refractivity contribution in [3.05, 3.63) is 12.2 Å². The molecular formula is C12H23NO2. The largest absolute Gasteiger partial charge is 0.381 e. The van der Waals surface area contributed by atoms with E-state index in [1.165, 1.54) is 0 Å². The summed E-state index contributed by atoms with van der Waals surface area (Å²) in [5.74, 6) is 0.534. The van der Waals surface area contributed by atoms with E-state index in [2.05, 4.69) is 25.7 Å². The first-order chi connectivity index (χ1) is 7.04. The Kier molecular flexibility index (Phi) is 8.01. The van der Waals surface area contributed by atoms with Gasteiger partial charge in [0.2, 0.25) is 5.91 Å². The van der Waals surface area contributed by atoms with Crippen LogP contribution in [0.1, 0.15) is 33.6 Å². The van der Waals surface area contributed by atoms with Crippen molar-refractivity contribution >= 4 is 5.91 Å². The molecule has 0 atom stereocenters. The molecule has 0 spiro atoms. The third kappa shape index (κ3) is 9.47. The van der Waals surface area contributed by atoms with Gasteiger partial charge in [0.05, 0.1) is 0 Å². The van der Waals surface area contributed by atoms with Gasteiger partial charge >= 0.3 is 0 Å². The van der Waals surface area contributed by atoms with Gasteiger partial charge in [0.1, 0.15) is 0 Å². The number of carbonyl (C=O) groups is 1. The number of ether oxygens (including phenoxy) is 1. The van der Waals surface area contributed by atoms with E-state index < -0.39 is 0 Å². The average Bonchev–Trinajstić information content (AvgIpc) is 2.15. The minimum absolute atomic E-state index is 0.0573. The molecule has 0 aromatic heterocycles. The maximum absolute atomic E-state index is 11.1. The van der Waals surface area contributed by atoms with E-state index in [0.717, 1.165) is 26.1 Å². The molecule has 0 aliphatic rings. The van der Waals surface area contributed by atoms with Gasteiger partial charge in [-0.05, 0) is 25.7 Å². The first-order valence-electron chi connectivity index (χ1n) is 5.55. The number of hydrogen-bond acceptors (Lipinski definition) is 2. The standard InChI is InChI=1S/C12H23NO2/c1-10(2)9-15-8-6-5-7-13-12(14)11(3)4/h10H,3,5-9H2,1-2,4H3,(H,13,14). The van der Waals surface area contributed by atoms with Gasteiger partial charge in [-0.25, -0.2) is 0 Å². The lowest BCUT2D eigenvalue weighted by Crippen LogP contribution is -2.24. The molecular weight excluding hydrogens is 190 g/mol. The van der Waals surface area contributed by atoms with Crippen molar-refractivity contribution in [2.75, 3.05) is 19.8 Å². The summed E-state index contributed by atoms with van der Waals surface area (Å²) in [4.78, 5) is 11.1. The van der Waals surface area contributed by atoms with Crippen LogP contribution in [0.3, 0.4) is 0 Å². The molecule has 3 heteroatoms. The third-order valence-corrected chi connectivity index (χ3v) is 1.84. The number of rotatable bonds is 8. The Labute approximate surface area is 92.9 Å². The van der Waals surface area contributed by atoms with Gasteiger partial charge in [-0.1, -0.05) is 20.4 Å². The van der Waals surface area contributed by atoms with E-state index in [1.807, 2.05) is 0 Å². The third-order valence-electron chi connectivity index (χ3n) is 1.84. The summed E-state index contributed by atoms with van der Waals surface area (Å²) in [7, 11) is 0. The van der Waals surface area contributed by atoms with Gasteiger partial charge in [-0.15, -0.1) is 0 Å². The molecule has 0 aromatic carbocycles. The lowest BCUT2D eigenvalue weighted by atomic mass is 10.2. The molecule has 0 rings (SSSR count). The zero-order chi connectivity index (χ0) is 11.7. The Morgan fingerprint density at radius 1 is 1.40 bits per heavy atom. The quantitative estimate of drug-likeness (QED) is 0.495. The van der Waals surface area contributed by atoms with Crippen LogP contribution >= 0.6 is 0 Å². The van der Waals surface area contributed by atoms with E-state index in [1.54, 1.807) is 6.92 Å². The first-order valence-corrected chi connectivity index (χ1v) is 5.55. The maximum Gasteiger partial charge on any atom is 0.246 e. The van der Waals surface area contributed by atoms with Crippen molar-refractivity contribution in [1.82, 2.24) is 5.32 Å². The second-order valence-electron chi connectivity index (χ2n) is 4.21.